The van der Waals surface area contributed by atoms with Crippen LogP contribution in [0.5, 0.6) is 0 Å². The summed E-state index contributed by atoms with van der Waals surface area (Å²) in [6.45, 7) is 3.94. The molecule has 6 heteroatoms. The molecule has 0 atom stereocenters. The van der Waals surface area contributed by atoms with Gasteiger partial charge in [0.05, 0.1) is 10.7 Å². The molecule has 0 unspecified atom stereocenters. The molecule has 136 valence electrons. The number of hydrogen-bond acceptors (Lipinski definition) is 3. The highest BCUT2D eigenvalue weighted by Crippen LogP contribution is 2.47. The molecule has 0 radical (unpaired) electrons. The number of aromatic nitrogens is 1. The Morgan fingerprint density at radius 2 is 2.00 bits per heavy atom. The van der Waals surface area contributed by atoms with Crippen molar-refractivity contribution in [3.8, 4) is 0 Å². The van der Waals surface area contributed by atoms with Crippen molar-refractivity contribution in [3.05, 3.63) is 52.0 Å². The van der Waals surface area contributed by atoms with Gasteiger partial charge in [-0.15, -0.1) is 35.3 Å². The van der Waals surface area contributed by atoms with Crippen molar-refractivity contribution in [1.29, 1.82) is 0 Å². The number of aliphatic imine (C=N–C) groups is 1. The third-order valence-corrected chi connectivity index (χ3v) is 5.67. The maximum absolute atomic E-state index is 4.60. The van der Waals surface area contributed by atoms with Crippen LogP contribution in [0.15, 0.2) is 40.7 Å². The Bertz CT molecular complexity index is 680. The van der Waals surface area contributed by atoms with Crippen LogP contribution < -0.4 is 10.6 Å². The Labute approximate surface area is 171 Å². The second-order valence-electron chi connectivity index (χ2n) is 6.34. The first kappa shape index (κ1) is 20.2. The Morgan fingerprint density at radius 3 is 2.60 bits per heavy atom. The number of aryl methyl sites for hydroxylation is 1. The van der Waals surface area contributed by atoms with E-state index in [0.717, 1.165) is 31.9 Å². The molecule has 0 saturated heterocycles. The van der Waals surface area contributed by atoms with Crippen molar-refractivity contribution in [2.24, 2.45) is 4.99 Å². The van der Waals surface area contributed by atoms with Crippen LogP contribution in [-0.2, 0) is 18.3 Å². The number of rotatable bonds is 7. The summed E-state index contributed by atoms with van der Waals surface area (Å²) in [4.78, 5) is 8.95. The van der Waals surface area contributed by atoms with Gasteiger partial charge in [-0.3, -0.25) is 4.99 Å². The fourth-order valence-electron chi connectivity index (χ4n) is 2.92. The second kappa shape index (κ2) is 9.52. The summed E-state index contributed by atoms with van der Waals surface area (Å²) in [6.07, 6.45) is 4.45. The molecule has 1 fully saturated rings. The van der Waals surface area contributed by atoms with Crippen LogP contribution in [0.4, 0.5) is 0 Å². The van der Waals surface area contributed by atoms with Gasteiger partial charge in [-0.05, 0) is 24.8 Å². The van der Waals surface area contributed by atoms with Crippen LogP contribution in [0.1, 0.15) is 36.0 Å². The first-order valence-electron chi connectivity index (χ1n) is 8.69. The van der Waals surface area contributed by atoms with Gasteiger partial charge in [0.25, 0.3) is 0 Å². The summed E-state index contributed by atoms with van der Waals surface area (Å²) in [7, 11) is 1.83. The highest BCUT2D eigenvalue weighted by molar-refractivity contribution is 14.0. The van der Waals surface area contributed by atoms with Gasteiger partial charge in [0.15, 0.2) is 5.96 Å². The van der Waals surface area contributed by atoms with Gasteiger partial charge in [0.2, 0.25) is 0 Å². The Balaban J connectivity index is 0.00000225. The Kier molecular flexibility index (Phi) is 7.68. The lowest BCUT2D eigenvalue weighted by Crippen LogP contribution is -2.42. The van der Waals surface area contributed by atoms with Gasteiger partial charge in [0.1, 0.15) is 0 Å². The Hall–Kier alpha value is -1.15. The van der Waals surface area contributed by atoms with E-state index in [1.165, 1.54) is 29.1 Å². The van der Waals surface area contributed by atoms with Crippen LogP contribution >= 0.6 is 35.3 Å². The van der Waals surface area contributed by atoms with E-state index < -0.39 is 0 Å². The van der Waals surface area contributed by atoms with E-state index in [2.05, 4.69) is 63.2 Å². The third kappa shape index (κ3) is 5.41. The zero-order valence-electron chi connectivity index (χ0n) is 14.9. The first-order chi connectivity index (χ1) is 11.8. The molecule has 2 aromatic rings. The molecule has 4 nitrogen and oxygen atoms in total. The summed E-state index contributed by atoms with van der Waals surface area (Å²) in [5.41, 5.74) is 2.90. The minimum Gasteiger partial charge on any atom is -0.356 e. The van der Waals surface area contributed by atoms with Crippen molar-refractivity contribution < 1.29 is 0 Å². The SMILES string of the molecule is CCc1nc(CCNC(=NC)NCC2(c3ccccc3)CC2)cs1.I. The van der Waals surface area contributed by atoms with E-state index in [9.17, 15) is 0 Å². The summed E-state index contributed by atoms with van der Waals surface area (Å²) in [5.74, 6) is 0.878. The third-order valence-electron chi connectivity index (χ3n) is 4.63. The minimum absolute atomic E-state index is 0. The smallest absolute Gasteiger partial charge is 0.191 e. The van der Waals surface area contributed by atoms with Crippen LogP contribution in [0.2, 0.25) is 0 Å². The molecule has 0 aliphatic heterocycles. The van der Waals surface area contributed by atoms with E-state index in [4.69, 9.17) is 0 Å². The molecule has 1 saturated carbocycles. The van der Waals surface area contributed by atoms with Crippen LogP contribution in [0, 0.1) is 0 Å². The fourth-order valence-corrected chi connectivity index (χ4v) is 3.70. The van der Waals surface area contributed by atoms with Gasteiger partial charge >= 0.3 is 0 Å². The summed E-state index contributed by atoms with van der Waals surface area (Å²) >= 11 is 1.75. The first-order valence-corrected chi connectivity index (χ1v) is 9.57. The average molecular weight is 470 g/mol. The number of nitrogens with zero attached hydrogens (tertiary/aromatic N) is 2. The average Bonchev–Trinajstić information content (AvgIpc) is 3.29. The predicted molar refractivity (Wildman–Crippen MR) is 117 cm³/mol. The lowest BCUT2D eigenvalue weighted by Gasteiger charge is -2.19. The largest absolute Gasteiger partial charge is 0.356 e. The van der Waals surface area contributed by atoms with E-state index in [0.29, 0.717) is 5.41 Å². The van der Waals surface area contributed by atoms with Gasteiger partial charge in [-0.25, -0.2) is 4.98 Å². The zero-order chi connectivity index (χ0) is 16.8. The molecule has 3 rings (SSSR count). The second-order valence-corrected chi connectivity index (χ2v) is 7.28. The molecular formula is C19H27IN4S. The zero-order valence-corrected chi connectivity index (χ0v) is 18.1. The lowest BCUT2D eigenvalue weighted by atomic mass is 9.96. The van der Waals surface area contributed by atoms with Crippen molar-refractivity contribution in [2.45, 2.75) is 38.0 Å². The van der Waals surface area contributed by atoms with Crippen molar-refractivity contribution in [2.75, 3.05) is 20.1 Å². The highest BCUT2D eigenvalue weighted by Gasteiger charge is 2.43. The normalized spacial score (nSPS) is 15.4. The van der Waals surface area contributed by atoms with E-state index in [1.54, 1.807) is 11.3 Å². The molecular weight excluding hydrogens is 443 g/mol. The quantitative estimate of drug-likeness (QED) is 0.368. The van der Waals surface area contributed by atoms with Crippen LogP contribution in [0.25, 0.3) is 0 Å². The van der Waals surface area contributed by atoms with E-state index in [-0.39, 0.29) is 24.0 Å². The molecule has 2 N–H and O–H groups in total. The number of guanidine groups is 1. The lowest BCUT2D eigenvalue weighted by molar-refractivity contribution is 0.645. The van der Waals surface area contributed by atoms with Crippen LogP contribution in [-0.4, -0.2) is 31.1 Å². The molecule has 1 aromatic heterocycles. The standard InChI is InChI=1S/C19H26N4S.HI/c1-3-17-23-16(13-24-17)9-12-21-18(20-2)22-14-19(10-11-19)15-7-5-4-6-8-15;/h4-8,13H,3,9-12,14H2,1-2H3,(H2,20,21,22);1H. The van der Waals surface area contributed by atoms with Crippen molar-refractivity contribution in [3.63, 3.8) is 0 Å². The van der Waals surface area contributed by atoms with Crippen molar-refractivity contribution >= 4 is 41.3 Å². The topological polar surface area (TPSA) is 49.3 Å². The van der Waals surface area contributed by atoms with E-state index in [1.807, 2.05) is 7.05 Å². The number of halogens is 1. The van der Waals surface area contributed by atoms with Crippen LogP contribution in [0.3, 0.4) is 0 Å². The van der Waals surface area contributed by atoms with E-state index >= 15 is 0 Å². The molecule has 1 aliphatic carbocycles. The van der Waals surface area contributed by atoms with Gasteiger partial charge in [-0.2, -0.15) is 0 Å². The molecule has 1 aromatic carbocycles. The maximum Gasteiger partial charge on any atom is 0.191 e. The highest BCUT2D eigenvalue weighted by atomic mass is 127. The van der Waals surface area contributed by atoms with Crippen molar-refractivity contribution in [1.82, 2.24) is 15.6 Å². The number of nitrogens with one attached hydrogen (secondary N) is 2. The summed E-state index contributed by atoms with van der Waals surface area (Å²) in [6, 6.07) is 10.8. The fraction of sp³-hybridized carbons (Fsp3) is 0.474. The number of hydrogen-bond donors (Lipinski definition) is 2. The maximum atomic E-state index is 4.60. The predicted octanol–water partition coefficient (Wildman–Crippen LogP) is 3.76. The molecule has 1 aliphatic rings. The minimum atomic E-state index is 0. The monoisotopic (exact) mass is 470 g/mol. The molecule has 0 amide bonds. The molecule has 0 bridgehead atoms. The molecule has 1 heterocycles. The number of benzene rings is 1. The molecule has 25 heavy (non-hydrogen) atoms. The van der Waals surface area contributed by atoms with Gasteiger partial charge in [0, 0.05) is 37.4 Å². The van der Waals surface area contributed by atoms with Gasteiger partial charge in [-0.1, -0.05) is 37.3 Å². The van der Waals surface area contributed by atoms with Gasteiger partial charge < -0.3 is 10.6 Å². The number of thiazole rings is 1. The molecule has 0 spiro atoms. The Morgan fingerprint density at radius 1 is 1.24 bits per heavy atom. The summed E-state index contributed by atoms with van der Waals surface area (Å²) in [5, 5.41) is 10.3. The summed E-state index contributed by atoms with van der Waals surface area (Å²) < 4.78 is 0.